The van der Waals surface area contributed by atoms with Gasteiger partial charge in [-0.25, -0.2) is 9.67 Å². The van der Waals surface area contributed by atoms with E-state index >= 15 is 0 Å². The van der Waals surface area contributed by atoms with Crippen molar-refractivity contribution in [2.24, 2.45) is 0 Å². The van der Waals surface area contributed by atoms with Gasteiger partial charge in [-0.1, -0.05) is 47.5 Å². The molecule has 0 aliphatic carbocycles. The molecule has 2 atom stereocenters. The molecule has 3 aromatic carbocycles. The van der Waals surface area contributed by atoms with Gasteiger partial charge in [-0.05, 0) is 54.6 Å². The Hall–Kier alpha value is -3.62. The average Bonchev–Trinajstić information content (AvgIpc) is 3.71. The predicted molar refractivity (Wildman–Crippen MR) is 146 cm³/mol. The second-order valence-electron chi connectivity index (χ2n) is 8.96. The fraction of sp³-hybridized carbons (Fsp3) is 0.172. The van der Waals surface area contributed by atoms with Gasteiger partial charge in [0.1, 0.15) is 18.5 Å². The van der Waals surface area contributed by atoms with Crippen molar-refractivity contribution in [1.29, 1.82) is 0 Å². The number of nitrogens with zero attached hydrogens (tertiary/aromatic N) is 4. The van der Waals surface area contributed by atoms with Gasteiger partial charge in [0.15, 0.2) is 0 Å². The smallest absolute Gasteiger partial charge is 0.215 e. The Morgan fingerprint density at radius 3 is 2.58 bits per heavy atom. The molecule has 0 amide bonds. The molecule has 7 nitrogen and oxygen atoms in total. The fourth-order valence-electron chi connectivity index (χ4n) is 4.58. The molecule has 0 bridgehead atoms. The van der Waals surface area contributed by atoms with Crippen molar-refractivity contribution in [2.45, 2.75) is 18.4 Å². The Morgan fingerprint density at radius 1 is 0.974 bits per heavy atom. The summed E-state index contributed by atoms with van der Waals surface area (Å²) in [5.41, 5.74) is 3.75. The molecule has 0 radical (unpaired) electrons. The van der Waals surface area contributed by atoms with Gasteiger partial charge in [0.05, 0.1) is 42.1 Å². The Morgan fingerprint density at radius 2 is 1.82 bits per heavy atom. The average molecular weight is 547 g/mol. The summed E-state index contributed by atoms with van der Waals surface area (Å²) in [6.07, 6.45) is 6.78. The zero-order valence-electron chi connectivity index (χ0n) is 20.3. The molecule has 192 valence electrons. The van der Waals surface area contributed by atoms with Crippen LogP contribution < -0.4 is 4.74 Å². The lowest BCUT2D eigenvalue weighted by atomic mass is 10.1. The van der Waals surface area contributed by atoms with Gasteiger partial charge in [0.25, 0.3) is 0 Å². The molecular weight excluding hydrogens is 523 g/mol. The third kappa shape index (κ3) is 5.06. The van der Waals surface area contributed by atoms with Crippen molar-refractivity contribution in [1.82, 2.24) is 19.3 Å². The molecule has 1 fully saturated rings. The van der Waals surface area contributed by atoms with Crippen LogP contribution in [0.3, 0.4) is 0 Å². The van der Waals surface area contributed by atoms with Crippen LogP contribution in [0.15, 0.2) is 104 Å². The Kier molecular flexibility index (Phi) is 6.91. The minimum Gasteiger partial charge on any atom is -0.491 e. The first-order valence-corrected chi connectivity index (χ1v) is 12.9. The minimum absolute atomic E-state index is 0.301. The molecular formula is C29H24Cl2N4O3. The van der Waals surface area contributed by atoms with Crippen molar-refractivity contribution in [2.75, 3.05) is 13.2 Å². The van der Waals surface area contributed by atoms with Crippen LogP contribution in [0, 0.1) is 0 Å². The first kappa shape index (κ1) is 24.7. The number of rotatable bonds is 8. The summed E-state index contributed by atoms with van der Waals surface area (Å²) >= 11 is 12.7. The number of halogens is 2. The zero-order valence-corrected chi connectivity index (χ0v) is 21.8. The molecule has 38 heavy (non-hydrogen) atoms. The summed E-state index contributed by atoms with van der Waals surface area (Å²) in [7, 11) is 0. The van der Waals surface area contributed by atoms with E-state index in [1.165, 1.54) is 0 Å². The molecule has 9 heteroatoms. The quantitative estimate of drug-likeness (QED) is 0.225. The van der Waals surface area contributed by atoms with E-state index in [-0.39, 0.29) is 6.10 Å². The molecule has 5 aromatic rings. The van der Waals surface area contributed by atoms with E-state index < -0.39 is 5.79 Å². The maximum atomic E-state index is 6.56. The van der Waals surface area contributed by atoms with E-state index in [0.717, 1.165) is 22.7 Å². The predicted octanol–water partition coefficient (Wildman–Crippen LogP) is 6.39. The summed E-state index contributed by atoms with van der Waals surface area (Å²) < 4.78 is 22.6. The van der Waals surface area contributed by atoms with Crippen LogP contribution in [0.1, 0.15) is 5.56 Å². The first-order chi connectivity index (χ1) is 18.6. The SMILES string of the molecule is Clc1ccc(C2(Cn3ccnc3)OCC(COc3ccc(-c4ccnn4-c4ccccc4)cc3)O2)c(Cl)c1. The van der Waals surface area contributed by atoms with Crippen LogP contribution in [0.5, 0.6) is 5.75 Å². The zero-order chi connectivity index (χ0) is 26.0. The van der Waals surface area contributed by atoms with E-state index in [9.17, 15) is 0 Å². The molecule has 1 aliphatic heterocycles. The van der Waals surface area contributed by atoms with Gasteiger partial charge in [-0.3, -0.25) is 0 Å². The standard InChI is InChI=1S/C29H24Cl2N4O3/c30-22-8-11-26(27(31)16-22)29(19-34-15-14-32-20-34)37-18-25(38-29)17-36-24-9-6-21(7-10-24)28-12-13-33-35(28)23-4-2-1-3-5-23/h1-16,20,25H,17-19H2. The molecule has 2 unspecified atom stereocenters. The lowest BCUT2D eigenvalue weighted by molar-refractivity contribution is -0.189. The molecule has 0 saturated carbocycles. The number of aromatic nitrogens is 4. The highest BCUT2D eigenvalue weighted by atomic mass is 35.5. The maximum Gasteiger partial charge on any atom is 0.215 e. The summed E-state index contributed by atoms with van der Waals surface area (Å²) in [4.78, 5) is 4.14. The van der Waals surface area contributed by atoms with Gasteiger partial charge < -0.3 is 18.8 Å². The molecule has 0 N–H and O–H groups in total. The monoisotopic (exact) mass is 546 g/mol. The normalized spacial score (nSPS) is 19.1. The number of hydrogen-bond donors (Lipinski definition) is 0. The van der Waals surface area contributed by atoms with E-state index in [1.54, 1.807) is 30.9 Å². The molecule has 1 aliphatic rings. The third-order valence-corrected chi connectivity index (χ3v) is 6.93. The van der Waals surface area contributed by atoms with Crippen molar-refractivity contribution >= 4 is 23.2 Å². The van der Waals surface area contributed by atoms with E-state index in [4.69, 9.17) is 37.4 Å². The second-order valence-corrected chi connectivity index (χ2v) is 9.81. The Labute approximate surface area is 230 Å². The highest BCUT2D eigenvalue weighted by molar-refractivity contribution is 6.35. The van der Waals surface area contributed by atoms with Gasteiger partial charge in [0.2, 0.25) is 5.79 Å². The molecule has 2 aromatic heterocycles. The van der Waals surface area contributed by atoms with Crippen LogP contribution in [0.25, 0.3) is 16.9 Å². The number of ether oxygens (including phenoxy) is 3. The molecule has 6 rings (SSSR count). The number of hydrogen-bond acceptors (Lipinski definition) is 5. The van der Waals surface area contributed by atoms with Gasteiger partial charge >= 0.3 is 0 Å². The first-order valence-electron chi connectivity index (χ1n) is 12.2. The van der Waals surface area contributed by atoms with Gasteiger partial charge in [0, 0.05) is 28.5 Å². The van der Waals surface area contributed by atoms with Gasteiger partial charge in [-0.15, -0.1) is 0 Å². The molecule has 0 spiro atoms. The topological polar surface area (TPSA) is 63.3 Å². The van der Waals surface area contributed by atoms with Crippen LogP contribution in [-0.2, 0) is 21.8 Å². The van der Waals surface area contributed by atoms with Crippen molar-refractivity contribution < 1.29 is 14.2 Å². The number of para-hydroxylation sites is 1. The number of benzene rings is 3. The largest absolute Gasteiger partial charge is 0.491 e. The fourth-order valence-corrected chi connectivity index (χ4v) is 5.14. The Bertz CT molecular complexity index is 1510. The van der Waals surface area contributed by atoms with Crippen LogP contribution in [-0.4, -0.2) is 38.6 Å². The van der Waals surface area contributed by atoms with Crippen LogP contribution in [0.2, 0.25) is 10.0 Å². The molecule has 1 saturated heterocycles. The highest BCUT2D eigenvalue weighted by Crippen LogP contribution is 2.40. The van der Waals surface area contributed by atoms with E-state index in [1.807, 2.05) is 82.2 Å². The van der Waals surface area contributed by atoms with Crippen LogP contribution in [0.4, 0.5) is 0 Å². The number of imidazole rings is 1. The lowest BCUT2D eigenvalue weighted by Crippen LogP contribution is -2.34. The summed E-state index contributed by atoms with van der Waals surface area (Å²) in [5, 5.41) is 5.50. The minimum atomic E-state index is -1.09. The lowest BCUT2D eigenvalue weighted by Gasteiger charge is -2.30. The summed E-state index contributed by atoms with van der Waals surface area (Å²) in [6.45, 7) is 1.05. The summed E-state index contributed by atoms with van der Waals surface area (Å²) in [6, 6.07) is 25.3. The third-order valence-electron chi connectivity index (χ3n) is 6.38. The summed E-state index contributed by atoms with van der Waals surface area (Å²) in [5.74, 6) is -0.351. The van der Waals surface area contributed by atoms with Crippen molar-refractivity contribution in [3.63, 3.8) is 0 Å². The van der Waals surface area contributed by atoms with Crippen molar-refractivity contribution in [3.8, 4) is 22.7 Å². The van der Waals surface area contributed by atoms with Crippen molar-refractivity contribution in [3.05, 3.63) is 119 Å². The van der Waals surface area contributed by atoms with Gasteiger partial charge in [-0.2, -0.15) is 5.10 Å². The van der Waals surface area contributed by atoms with E-state index in [0.29, 0.717) is 35.4 Å². The second kappa shape index (κ2) is 10.6. The maximum absolute atomic E-state index is 6.56. The Balaban J connectivity index is 1.15. The van der Waals surface area contributed by atoms with E-state index in [2.05, 4.69) is 10.1 Å². The molecule has 3 heterocycles. The van der Waals surface area contributed by atoms with Crippen LogP contribution >= 0.6 is 23.2 Å². The highest BCUT2D eigenvalue weighted by Gasteiger charge is 2.45.